The highest BCUT2D eigenvalue weighted by molar-refractivity contribution is 5.72. The van der Waals surface area contributed by atoms with Gasteiger partial charge in [0.1, 0.15) is 5.75 Å². The van der Waals surface area contributed by atoms with Gasteiger partial charge in [-0.25, -0.2) is 14.3 Å². The normalized spacial score (nSPS) is 11.3. The molecule has 0 saturated heterocycles. The summed E-state index contributed by atoms with van der Waals surface area (Å²) in [7, 11) is 1.55. The zero-order valence-electron chi connectivity index (χ0n) is 18.5. The summed E-state index contributed by atoms with van der Waals surface area (Å²) >= 11 is 0. The first-order chi connectivity index (χ1) is 15.8. The highest BCUT2D eigenvalue weighted by Crippen LogP contribution is 2.19. The van der Waals surface area contributed by atoms with Crippen molar-refractivity contribution >= 4 is 16.9 Å². The summed E-state index contributed by atoms with van der Waals surface area (Å²) in [4.78, 5) is 41.8. The van der Waals surface area contributed by atoms with Gasteiger partial charge in [-0.3, -0.25) is 19.5 Å². The van der Waals surface area contributed by atoms with Crippen LogP contribution in [-0.2, 0) is 13.1 Å². The summed E-state index contributed by atoms with van der Waals surface area (Å²) in [6.45, 7) is 4.28. The highest BCUT2D eigenvalue weighted by Gasteiger charge is 2.20. The Morgan fingerprint density at radius 3 is 2.48 bits per heavy atom. The molecular formula is C23H23N5O5. The van der Waals surface area contributed by atoms with Crippen molar-refractivity contribution < 1.29 is 9.66 Å². The van der Waals surface area contributed by atoms with Gasteiger partial charge in [-0.1, -0.05) is 26.0 Å². The van der Waals surface area contributed by atoms with Gasteiger partial charge in [0.2, 0.25) is 0 Å². The first-order valence-corrected chi connectivity index (χ1v) is 10.4. The van der Waals surface area contributed by atoms with Crippen molar-refractivity contribution in [2.24, 2.45) is 5.92 Å². The van der Waals surface area contributed by atoms with Crippen molar-refractivity contribution in [3.63, 3.8) is 0 Å². The highest BCUT2D eigenvalue weighted by atomic mass is 16.6. The lowest BCUT2D eigenvalue weighted by Gasteiger charge is -2.14. The molecule has 0 atom stereocenters. The van der Waals surface area contributed by atoms with Crippen molar-refractivity contribution in [1.29, 1.82) is 0 Å². The second kappa shape index (κ2) is 8.73. The molecule has 10 heteroatoms. The first-order valence-electron chi connectivity index (χ1n) is 10.4. The van der Waals surface area contributed by atoms with Crippen molar-refractivity contribution in [2.75, 3.05) is 7.11 Å². The van der Waals surface area contributed by atoms with E-state index in [1.54, 1.807) is 48.1 Å². The smallest absolute Gasteiger partial charge is 0.337 e. The molecule has 0 aliphatic heterocycles. The van der Waals surface area contributed by atoms with Crippen molar-refractivity contribution in [2.45, 2.75) is 26.9 Å². The fraction of sp³-hybridized carbons (Fsp3) is 0.261. The molecule has 170 valence electrons. The number of hydrogen-bond donors (Lipinski definition) is 0. The third kappa shape index (κ3) is 4.14. The molecule has 2 heterocycles. The second-order valence-corrected chi connectivity index (χ2v) is 8.10. The molecule has 10 nitrogen and oxygen atoms in total. The number of ether oxygens (including phenoxy) is 1. The Hall–Kier alpha value is -4.21. The van der Waals surface area contributed by atoms with E-state index >= 15 is 0 Å². The van der Waals surface area contributed by atoms with Crippen LogP contribution in [0.3, 0.4) is 0 Å². The van der Waals surface area contributed by atoms with Gasteiger partial charge in [0.05, 0.1) is 24.0 Å². The fourth-order valence-corrected chi connectivity index (χ4v) is 3.75. The Balaban J connectivity index is 1.94. The van der Waals surface area contributed by atoms with Crippen LogP contribution in [0.25, 0.3) is 16.9 Å². The summed E-state index contributed by atoms with van der Waals surface area (Å²) in [5.74, 6) is 0.694. The van der Waals surface area contributed by atoms with Crippen LogP contribution in [0.15, 0.2) is 64.4 Å². The van der Waals surface area contributed by atoms with Crippen LogP contribution in [0, 0.1) is 16.0 Å². The zero-order chi connectivity index (χ0) is 23.7. The standard InChI is InChI=1S/C23H23N5O5/c1-15(2)12-26-22(29)20-21(27(23(26)30)17-7-9-19(33-3)10-8-17)24-14-25(20)13-16-5-4-6-18(11-16)28(31)32/h4-11,14-15H,12-13H2,1-3H3. The molecule has 2 aromatic heterocycles. The van der Waals surface area contributed by atoms with Gasteiger partial charge in [-0.15, -0.1) is 0 Å². The Labute approximate surface area is 188 Å². The molecule has 0 aliphatic carbocycles. The van der Waals surface area contributed by atoms with Crippen molar-refractivity contribution in [1.82, 2.24) is 18.7 Å². The molecule has 0 spiro atoms. The zero-order valence-corrected chi connectivity index (χ0v) is 18.5. The van der Waals surface area contributed by atoms with E-state index in [1.807, 2.05) is 13.8 Å². The molecule has 4 rings (SSSR count). The van der Waals surface area contributed by atoms with Crippen LogP contribution in [-0.4, -0.2) is 30.7 Å². The summed E-state index contributed by atoms with van der Waals surface area (Å²) in [5, 5.41) is 11.1. The number of nitrogens with zero attached hydrogens (tertiary/aromatic N) is 5. The number of methoxy groups -OCH3 is 1. The van der Waals surface area contributed by atoms with Crippen LogP contribution >= 0.6 is 0 Å². The van der Waals surface area contributed by atoms with Gasteiger partial charge in [0, 0.05) is 25.2 Å². The lowest BCUT2D eigenvalue weighted by Crippen LogP contribution is -2.41. The van der Waals surface area contributed by atoms with E-state index in [4.69, 9.17) is 4.74 Å². The third-order valence-electron chi connectivity index (χ3n) is 5.25. The number of rotatable bonds is 7. The topological polar surface area (TPSA) is 114 Å². The summed E-state index contributed by atoms with van der Waals surface area (Å²) in [6, 6.07) is 13.1. The minimum Gasteiger partial charge on any atom is -0.497 e. The maximum atomic E-state index is 13.4. The number of hydrogen-bond acceptors (Lipinski definition) is 6. The van der Waals surface area contributed by atoms with E-state index in [-0.39, 0.29) is 35.9 Å². The van der Waals surface area contributed by atoms with Crippen LogP contribution < -0.4 is 16.0 Å². The predicted octanol–water partition coefficient (Wildman–Crippen LogP) is 2.97. The number of fused-ring (bicyclic) bond motifs is 1. The number of aromatic nitrogens is 4. The van der Waals surface area contributed by atoms with Gasteiger partial charge in [0.25, 0.3) is 11.2 Å². The van der Waals surface area contributed by atoms with Crippen LogP contribution in [0.5, 0.6) is 5.75 Å². The fourth-order valence-electron chi connectivity index (χ4n) is 3.75. The quantitative estimate of drug-likeness (QED) is 0.317. The average Bonchev–Trinajstić information content (AvgIpc) is 3.20. The van der Waals surface area contributed by atoms with Gasteiger partial charge in [-0.2, -0.15) is 0 Å². The Kier molecular flexibility index (Phi) is 5.82. The molecular weight excluding hydrogens is 426 g/mol. The van der Waals surface area contributed by atoms with Crippen molar-refractivity contribution in [3.8, 4) is 11.4 Å². The summed E-state index contributed by atoms with van der Waals surface area (Å²) < 4.78 is 9.44. The first kappa shape index (κ1) is 22.0. The van der Waals surface area contributed by atoms with Gasteiger partial charge in [-0.05, 0) is 35.7 Å². The largest absolute Gasteiger partial charge is 0.497 e. The number of nitro groups is 1. The van der Waals surface area contributed by atoms with E-state index in [2.05, 4.69) is 4.98 Å². The molecule has 4 aromatic rings. The third-order valence-corrected chi connectivity index (χ3v) is 5.25. The second-order valence-electron chi connectivity index (χ2n) is 8.10. The summed E-state index contributed by atoms with van der Waals surface area (Å²) in [5.41, 5.74) is 0.690. The van der Waals surface area contributed by atoms with E-state index in [0.717, 1.165) is 0 Å². The Morgan fingerprint density at radius 1 is 1.12 bits per heavy atom. The lowest BCUT2D eigenvalue weighted by atomic mass is 10.2. The number of benzene rings is 2. The van der Waals surface area contributed by atoms with E-state index in [0.29, 0.717) is 17.0 Å². The molecule has 0 unspecified atom stereocenters. The van der Waals surface area contributed by atoms with Crippen LogP contribution in [0.4, 0.5) is 5.69 Å². The predicted molar refractivity (Wildman–Crippen MR) is 123 cm³/mol. The lowest BCUT2D eigenvalue weighted by molar-refractivity contribution is -0.384. The molecule has 0 fully saturated rings. The van der Waals surface area contributed by atoms with E-state index in [1.165, 1.54) is 27.6 Å². The van der Waals surface area contributed by atoms with E-state index in [9.17, 15) is 19.7 Å². The van der Waals surface area contributed by atoms with Crippen LogP contribution in [0.2, 0.25) is 0 Å². The molecule has 0 N–H and O–H groups in total. The van der Waals surface area contributed by atoms with Gasteiger partial charge in [0.15, 0.2) is 11.2 Å². The molecule has 0 saturated carbocycles. The molecule has 33 heavy (non-hydrogen) atoms. The van der Waals surface area contributed by atoms with E-state index < -0.39 is 16.2 Å². The summed E-state index contributed by atoms with van der Waals surface area (Å²) in [6.07, 6.45) is 1.48. The average molecular weight is 449 g/mol. The van der Waals surface area contributed by atoms with Gasteiger partial charge < -0.3 is 9.30 Å². The minimum atomic E-state index is -0.480. The maximum absolute atomic E-state index is 13.4. The molecule has 0 aliphatic rings. The molecule has 0 amide bonds. The Morgan fingerprint density at radius 2 is 1.85 bits per heavy atom. The molecule has 0 radical (unpaired) electrons. The Bertz CT molecular complexity index is 1450. The monoisotopic (exact) mass is 449 g/mol. The number of imidazole rings is 1. The minimum absolute atomic E-state index is 0.0377. The number of non-ortho nitro benzene ring substituents is 1. The molecule has 0 bridgehead atoms. The van der Waals surface area contributed by atoms with Gasteiger partial charge >= 0.3 is 5.69 Å². The number of nitro benzene ring substituents is 1. The maximum Gasteiger partial charge on any atom is 0.337 e. The SMILES string of the molecule is COc1ccc(-n2c(=O)n(CC(C)C)c(=O)c3c2ncn3Cc2cccc([N+](=O)[O-])c2)cc1. The molecule has 2 aromatic carbocycles. The van der Waals surface area contributed by atoms with Crippen molar-refractivity contribution in [3.05, 3.63) is 91.4 Å². The van der Waals surface area contributed by atoms with Crippen LogP contribution in [0.1, 0.15) is 19.4 Å².